The minimum absolute atomic E-state index is 0.0339. The van der Waals surface area contributed by atoms with Gasteiger partial charge in [0.05, 0.1) is 6.04 Å². The first kappa shape index (κ1) is 13.3. The molecule has 2 aromatic rings. The van der Waals surface area contributed by atoms with Crippen LogP contribution < -0.4 is 0 Å². The molecule has 3 aliphatic rings. The lowest BCUT2D eigenvalue weighted by atomic mass is 10.2. The summed E-state index contributed by atoms with van der Waals surface area (Å²) in [5.41, 5.74) is 1.59. The molecule has 120 valence electrons. The maximum Gasteiger partial charge on any atom is 0.274 e. The van der Waals surface area contributed by atoms with Crippen molar-refractivity contribution in [3.05, 3.63) is 29.2 Å². The fourth-order valence-electron chi connectivity index (χ4n) is 3.35. The zero-order valence-electron chi connectivity index (χ0n) is 12.9. The number of carbonyl (C=O) groups is 1. The zero-order valence-corrected chi connectivity index (χ0v) is 12.9. The Morgan fingerprint density at radius 1 is 1.22 bits per heavy atom. The standard InChI is InChI=1S/C16H19N5O2/c22-16(12-8-11(18-19-12)9-3-4-9)21-7-1-2-13(21)14-17-15(23-20-14)10-5-6-10/h8-10,13H,1-7H2,(H,18,19)/t13-/m1/s1. The molecule has 23 heavy (non-hydrogen) atoms. The summed E-state index contributed by atoms with van der Waals surface area (Å²) in [6, 6.07) is 1.82. The van der Waals surface area contributed by atoms with E-state index in [2.05, 4.69) is 20.3 Å². The number of likely N-dealkylation sites (tertiary alicyclic amines) is 1. The molecule has 5 rings (SSSR count). The lowest BCUT2D eigenvalue weighted by Gasteiger charge is -2.20. The van der Waals surface area contributed by atoms with Crippen molar-refractivity contribution in [1.82, 2.24) is 25.2 Å². The highest BCUT2D eigenvalue weighted by molar-refractivity contribution is 5.92. The van der Waals surface area contributed by atoms with Gasteiger partial charge in [-0.1, -0.05) is 5.16 Å². The van der Waals surface area contributed by atoms with Crippen molar-refractivity contribution in [3.8, 4) is 0 Å². The number of nitrogens with zero attached hydrogens (tertiary/aromatic N) is 4. The molecule has 1 atom stereocenters. The highest BCUT2D eigenvalue weighted by atomic mass is 16.5. The fourth-order valence-corrected chi connectivity index (χ4v) is 3.35. The maximum atomic E-state index is 12.8. The van der Waals surface area contributed by atoms with Gasteiger partial charge in [0.1, 0.15) is 5.69 Å². The van der Waals surface area contributed by atoms with Crippen molar-refractivity contribution in [2.75, 3.05) is 6.54 Å². The van der Waals surface area contributed by atoms with Crippen molar-refractivity contribution in [3.63, 3.8) is 0 Å². The molecule has 7 nitrogen and oxygen atoms in total. The van der Waals surface area contributed by atoms with E-state index in [0.29, 0.717) is 23.4 Å². The molecule has 0 unspecified atom stereocenters. The molecule has 2 aromatic heterocycles. The smallest absolute Gasteiger partial charge is 0.274 e. The topological polar surface area (TPSA) is 87.9 Å². The number of aromatic amines is 1. The fraction of sp³-hybridized carbons (Fsp3) is 0.625. The van der Waals surface area contributed by atoms with E-state index in [1.54, 1.807) is 0 Å². The lowest BCUT2D eigenvalue weighted by molar-refractivity contribution is 0.0722. The van der Waals surface area contributed by atoms with Gasteiger partial charge in [0, 0.05) is 24.1 Å². The number of hydrogen-bond acceptors (Lipinski definition) is 5. The number of amides is 1. The minimum Gasteiger partial charge on any atom is -0.339 e. The molecule has 1 aliphatic heterocycles. The van der Waals surface area contributed by atoms with Crippen molar-refractivity contribution < 1.29 is 9.32 Å². The predicted octanol–water partition coefficient (Wildman–Crippen LogP) is 2.52. The Bertz CT molecular complexity index is 743. The zero-order chi connectivity index (χ0) is 15.4. The van der Waals surface area contributed by atoms with Gasteiger partial charge in [-0.25, -0.2) is 0 Å². The van der Waals surface area contributed by atoms with Crippen LogP contribution >= 0.6 is 0 Å². The van der Waals surface area contributed by atoms with Gasteiger partial charge in [-0.3, -0.25) is 9.89 Å². The first-order valence-corrected chi connectivity index (χ1v) is 8.49. The Labute approximate surface area is 133 Å². The van der Waals surface area contributed by atoms with Gasteiger partial charge in [0.15, 0.2) is 5.82 Å². The van der Waals surface area contributed by atoms with Crippen LogP contribution in [-0.4, -0.2) is 37.7 Å². The minimum atomic E-state index is -0.0835. The third-order valence-electron chi connectivity index (χ3n) is 5.03. The summed E-state index contributed by atoms with van der Waals surface area (Å²) in [6.07, 6.45) is 6.49. The Kier molecular flexibility index (Phi) is 2.83. The molecule has 1 N–H and O–H groups in total. The summed E-state index contributed by atoms with van der Waals surface area (Å²) >= 11 is 0. The van der Waals surface area contributed by atoms with E-state index in [1.807, 2.05) is 11.0 Å². The summed E-state index contributed by atoms with van der Waals surface area (Å²) in [4.78, 5) is 19.2. The summed E-state index contributed by atoms with van der Waals surface area (Å²) in [6.45, 7) is 0.725. The average Bonchev–Trinajstić information content (AvgIpc) is 3.43. The van der Waals surface area contributed by atoms with Crippen LogP contribution in [0.1, 0.15) is 84.3 Å². The van der Waals surface area contributed by atoms with Gasteiger partial charge in [0.2, 0.25) is 5.89 Å². The molecule has 7 heteroatoms. The Hall–Kier alpha value is -2.18. The molecule has 0 aromatic carbocycles. The third-order valence-corrected chi connectivity index (χ3v) is 5.03. The van der Waals surface area contributed by atoms with Crippen molar-refractivity contribution >= 4 is 5.91 Å². The monoisotopic (exact) mass is 313 g/mol. The number of hydrogen-bond donors (Lipinski definition) is 1. The molecule has 0 radical (unpaired) electrons. The molecule has 0 bridgehead atoms. The van der Waals surface area contributed by atoms with Crippen LogP contribution in [0.3, 0.4) is 0 Å². The first-order valence-electron chi connectivity index (χ1n) is 8.49. The van der Waals surface area contributed by atoms with Crippen LogP contribution in [0.15, 0.2) is 10.6 Å². The second-order valence-electron chi connectivity index (χ2n) is 6.90. The molecule has 2 saturated carbocycles. The molecule has 1 saturated heterocycles. The molecular weight excluding hydrogens is 294 g/mol. The van der Waals surface area contributed by atoms with E-state index >= 15 is 0 Å². The van der Waals surface area contributed by atoms with E-state index in [-0.39, 0.29) is 11.9 Å². The second kappa shape index (κ2) is 4.91. The lowest BCUT2D eigenvalue weighted by Crippen LogP contribution is -2.31. The van der Waals surface area contributed by atoms with Crippen LogP contribution in [-0.2, 0) is 0 Å². The van der Waals surface area contributed by atoms with Gasteiger partial charge in [-0.05, 0) is 44.6 Å². The largest absolute Gasteiger partial charge is 0.339 e. The molecule has 3 fully saturated rings. The summed E-state index contributed by atoms with van der Waals surface area (Å²) < 4.78 is 5.36. The SMILES string of the molecule is O=C(c1cc(C2CC2)[nH]n1)N1CCC[C@@H]1c1noc(C2CC2)n1. The Morgan fingerprint density at radius 3 is 2.83 bits per heavy atom. The highest BCUT2D eigenvalue weighted by Gasteiger charge is 2.37. The number of aromatic nitrogens is 4. The van der Waals surface area contributed by atoms with Crippen molar-refractivity contribution in [2.45, 2.75) is 56.4 Å². The number of carbonyl (C=O) groups excluding carboxylic acids is 1. The first-order chi connectivity index (χ1) is 11.3. The molecule has 1 amide bonds. The Balaban J connectivity index is 1.37. The predicted molar refractivity (Wildman–Crippen MR) is 79.8 cm³/mol. The molecular formula is C16H19N5O2. The van der Waals surface area contributed by atoms with E-state index in [1.165, 1.54) is 12.8 Å². The van der Waals surface area contributed by atoms with Crippen LogP contribution in [0.5, 0.6) is 0 Å². The van der Waals surface area contributed by atoms with Gasteiger partial charge in [-0.2, -0.15) is 10.1 Å². The number of nitrogens with one attached hydrogen (secondary N) is 1. The van der Waals surface area contributed by atoms with Gasteiger partial charge in [0.25, 0.3) is 5.91 Å². The molecule has 0 spiro atoms. The molecule has 3 heterocycles. The highest BCUT2D eigenvalue weighted by Crippen LogP contribution is 2.41. The third kappa shape index (κ3) is 2.34. The maximum absolute atomic E-state index is 12.8. The quantitative estimate of drug-likeness (QED) is 0.937. The van der Waals surface area contributed by atoms with Crippen molar-refractivity contribution in [2.24, 2.45) is 0 Å². The van der Waals surface area contributed by atoms with Crippen LogP contribution in [0, 0.1) is 0 Å². The normalized spacial score (nSPS) is 24.3. The average molecular weight is 313 g/mol. The second-order valence-corrected chi connectivity index (χ2v) is 6.90. The van der Waals surface area contributed by atoms with Crippen LogP contribution in [0.2, 0.25) is 0 Å². The van der Waals surface area contributed by atoms with E-state index in [4.69, 9.17) is 4.52 Å². The van der Waals surface area contributed by atoms with Gasteiger partial charge in [-0.15, -0.1) is 0 Å². The van der Waals surface area contributed by atoms with Gasteiger partial charge >= 0.3 is 0 Å². The number of H-pyrrole nitrogens is 1. The summed E-state index contributed by atoms with van der Waals surface area (Å²) in [5, 5.41) is 11.3. The summed E-state index contributed by atoms with van der Waals surface area (Å²) in [5.74, 6) is 2.35. The van der Waals surface area contributed by atoms with Crippen molar-refractivity contribution in [1.29, 1.82) is 0 Å². The number of rotatable bonds is 4. The summed E-state index contributed by atoms with van der Waals surface area (Å²) in [7, 11) is 0. The van der Waals surface area contributed by atoms with E-state index in [0.717, 1.165) is 43.8 Å². The molecule has 2 aliphatic carbocycles. The van der Waals surface area contributed by atoms with E-state index < -0.39 is 0 Å². The van der Waals surface area contributed by atoms with E-state index in [9.17, 15) is 4.79 Å². The van der Waals surface area contributed by atoms with Crippen LogP contribution in [0.4, 0.5) is 0 Å². The van der Waals surface area contributed by atoms with Crippen LogP contribution in [0.25, 0.3) is 0 Å². The Morgan fingerprint density at radius 2 is 2.04 bits per heavy atom. The van der Waals surface area contributed by atoms with Gasteiger partial charge < -0.3 is 9.42 Å².